The van der Waals surface area contributed by atoms with Gasteiger partial charge in [0.2, 0.25) is 0 Å². The van der Waals surface area contributed by atoms with Gasteiger partial charge in [0.1, 0.15) is 0 Å². The van der Waals surface area contributed by atoms with Gasteiger partial charge in [-0.2, -0.15) is 5.10 Å². The van der Waals surface area contributed by atoms with Gasteiger partial charge in [-0.1, -0.05) is 24.3 Å². The molecule has 0 aliphatic carbocycles. The van der Waals surface area contributed by atoms with Crippen LogP contribution in [-0.4, -0.2) is 28.8 Å². The Balaban J connectivity index is 1.55. The molecule has 0 spiro atoms. The first-order valence-corrected chi connectivity index (χ1v) is 8.17. The predicted octanol–water partition coefficient (Wildman–Crippen LogP) is 2.65. The first-order chi connectivity index (χ1) is 12.7. The van der Waals surface area contributed by atoms with Crippen molar-refractivity contribution in [1.82, 2.24) is 15.1 Å². The highest BCUT2D eigenvalue weighted by atomic mass is 16.5. The minimum absolute atomic E-state index is 0.146. The number of rotatable bonds is 6. The van der Waals surface area contributed by atoms with E-state index in [0.717, 1.165) is 11.1 Å². The van der Waals surface area contributed by atoms with E-state index in [2.05, 4.69) is 15.2 Å². The van der Waals surface area contributed by atoms with E-state index < -0.39 is 0 Å². The van der Waals surface area contributed by atoms with Gasteiger partial charge in [0, 0.05) is 24.5 Å². The Kier molecular flexibility index (Phi) is 5.43. The topological polar surface area (TPSA) is 73.2 Å². The number of nitrogens with zero attached hydrogens (tertiary/aromatic N) is 2. The van der Waals surface area contributed by atoms with Gasteiger partial charge in [0.15, 0.2) is 0 Å². The lowest BCUT2D eigenvalue weighted by molar-refractivity contribution is 0.0600. The molecule has 0 aliphatic heterocycles. The molecule has 1 heterocycles. The molecule has 132 valence electrons. The molecule has 3 rings (SSSR count). The SMILES string of the molecule is COC(=O)c1ccc(CNC(=O)c2ccc(Cn3cccn3)cc2)cc1. The third-order valence-electron chi connectivity index (χ3n) is 3.95. The number of benzene rings is 2. The van der Waals surface area contributed by atoms with E-state index in [0.29, 0.717) is 24.2 Å². The standard InChI is InChI=1S/C20H19N3O3/c1-26-20(25)18-9-3-15(4-10-18)13-21-19(24)17-7-5-16(6-8-17)14-23-12-2-11-22-23/h2-12H,13-14H2,1H3,(H,21,24). The monoisotopic (exact) mass is 349 g/mol. The molecule has 0 radical (unpaired) electrons. The van der Waals surface area contributed by atoms with Crippen molar-refractivity contribution in [2.75, 3.05) is 7.11 Å². The Bertz CT molecular complexity index is 870. The Morgan fingerprint density at radius 1 is 1.00 bits per heavy atom. The second-order valence-corrected chi connectivity index (χ2v) is 5.77. The van der Waals surface area contributed by atoms with Gasteiger partial charge < -0.3 is 10.1 Å². The highest BCUT2D eigenvalue weighted by Crippen LogP contribution is 2.08. The number of amides is 1. The Morgan fingerprint density at radius 3 is 2.27 bits per heavy atom. The summed E-state index contributed by atoms with van der Waals surface area (Å²) in [5.41, 5.74) is 3.06. The Labute approximate surface area is 151 Å². The van der Waals surface area contributed by atoms with Crippen LogP contribution in [0.2, 0.25) is 0 Å². The van der Waals surface area contributed by atoms with E-state index in [1.165, 1.54) is 7.11 Å². The summed E-state index contributed by atoms with van der Waals surface area (Å²) in [6.45, 7) is 1.05. The highest BCUT2D eigenvalue weighted by molar-refractivity contribution is 5.94. The molecule has 0 fully saturated rings. The number of nitrogens with one attached hydrogen (secondary N) is 1. The van der Waals surface area contributed by atoms with Crippen molar-refractivity contribution in [3.8, 4) is 0 Å². The third kappa shape index (κ3) is 4.36. The summed E-state index contributed by atoms with van der Waals surface area (Å²) in [6.07, 6.45) is 3.63. The molecule has 1 amide bonds. The highest BCUT2D eigenvalue weighted by Gasteiger charge is 2.07. The van der Waals surface area contributed by atoms with Gasteiger partial charge in [-0.25, -0.2) is 4.79 Å². The average Bonchev–Trinajstić information content (AvgIpc) is 3.19. The number of methoxy groups -OCH3 is 1. The second-order valence-electron chi connectivity index (χ2n) is 5.77. The van der Waals surface area contributed by atoms with E-state index in [1.54, 1.807) is 42.6 Å². The Hall–Kier alpha value is -3.41. The predicted molar refractivity (Wildman–Crippen MR) is 96.7 cm³/mol. The summed E-state index contributed by atoms with van der Waals surface area (Å²) in [6, 6.07) is 16.3. The molecule has 0 bridgehead atoms. The van der Waals surface area contributed by atoms with E-state index in [-0.39, 0.29) is 11.9 Å². The lowest BCUT2D eigenvalue weighted by Gasteiger charge is -2.07. The van der Waals surface area contributed by atoms with Crippen LogP contribution in [0.1, 0.15) is 31.8 Å². The molecule has 6 heteroatoms. The summed E-state index contributed by atoms with van der Waals surface area (Å²) >= 11 is 0. The fourth-order valence-electron chi connectivity index (χ4n) is 2.50. The minimum Gasteiger partial charge on any atom is -0.465 e. The van der Waals surface area contributed by atoms with Gasteiger partial charge >= 0.3 is 5.97 Å². The molecule has 0 atom stereocenters. The van der Waals surface area contributed by atoms with Crippen LogP contribution in [0.5, 0.6) is 0 Å². The maximum Gasteiger partial charge on any atom is 0.337 e. The first kappa shape index (κ1) is 17.4. The van der Waals surface area contributed by atoms with Crippen molar-refractivity contribution in [2.45, 2.75) is 13.1 Å². The summed E-state index contributed by atoms with van der Waals surface area (Å²) in [7, 11) is 1.34. The Morgan fingerprint density at radius 2 is 1.65 bits per heavy atom. The van der Waals surface area contributed by atoms with E-state index in [1.807, 2.05) is 29.1 Å². The third-order valence-corrected chi connectivity index (χ3v) is 3.95. The van der Waals surface area contributed by atoms with Crippen molar-refractivity contribution in [3.63, 3.8) is 0 Å². The zero-order valence-electron chi connectivity index (χ0n) is 14.4. The number of ether oxygens (including phenoxy) is 1. The number of hydrogen-bond acceptors (Lipinski definition) is 4. The number of carbonyl (C=O) groups excluding carboxylic acids is 2. The van der Waals surface area contributed by atoms with Gasteiger partial charge in [0.05, 0.1) is 19.2 Å². The zero-order valence-corrected chi connectivity index (χ0v) is 14.4. The molecule has 1 N–H and O–H groups in total. The van der Waals surface area contributed by atoms with Gasteiger partial charge in [-0.3, -0.25) is 9.48 Å². The van der Waals surface area contributed by atoms with Gasteiger partial charge in [0.25, 0.3) is 5.91 Å². The van der Waals surface area contributed by atoms with Gasteiger partial charge in [-0.05, 0) is 41.5 Å². The molecule has 26 heavy (non-hydrogen) atoms. The lowest BCUT2D eigenvalue weighted by Crippen LogP contribution is -2.22. The van der Waals surface area contributed by atoms with Crippen molar-refractivity contribution in [3.05, 3.63) is 89.2 Å². The van der Waals surface area contributed by atoms with Gasteiger partial charge in [-0.15, -0.1) is 0 Å². The maximum atomic E-state index is 12.3. The largest absolute Gasteiger partial charge is 0.465 e. The minimum atomic E-state index is -0.379. The quantitative estimate of drug-likeness (QED) is 0.695. The molecular weight excluding hydrogens is 330 g/mol. The number of aromatic nitrogens is 2. The smallest absolute Gasteiger partial charge is 0.337 e. The molecular formula is C20H19N3O3. The molecule has 0 saturated carbocycles. The second kappa shape index (κ2) is 8.11. The van der Waals surface area contributed by atoms with E-state index in [4.69, 9.17) is 0 Å². The molecule has 0 aliphatic rings. The molecule has 1 aromatic heterocycles. The van der Waals surface area contributed by atoms with Crippen LogP contribution in [0.15, 0.2) is 67.0 Å². The van der Waals surface area contributed by atoms with Crippen LogP contribution in [0, 0.1) is 0 Å². The molecule has 6 nitrogen and oxygen atoms in total. The van der Waals surface area contributed by atoms with Crippen LogP contribution in [0.3, 0.4) is 0 Å². The van der Waals surface area contributed by atoms with Crippen LogP contribution in [0.25, 0.3) is 0 Å². The number of esters is 1. The summed E-state index contributed by atoms with van der Waals surface area (Å²) < 4.78 is 6.49. The number of hydrogen-bond donors (Lipinski definition) is 1. The lowest BCUT2D eigenvalue weighted by atomic mass is 10.1. The summed E-state index contributed by atoms with van der Waals surface area (Å²) in [5, 5.41) is 7.03. The zero-order chi connectivity index (χ0) is 18.4. The number of carbonyl (C=O) groups is 2. The van der Waals surface area contributed by atoms with E-state index in [9.17, 15) is 9.59 Å². The van der Waals surface area contributed by atoms with Crippen LogP contribution in [-0.2, 0) is 17.8 Å². The molecule has 2 aromatic carbocycles. The molecule has 0 unspecified atom stereocenters. The van der Waals surface area contributed by atoms with Crippen LogP contribution >= 0.6 is 0 Å². The maximum absolute atomic E-state index is 12.3. The normalized spacial score (nSPS) is 10.3. The molecule has 0 saturated heterocycles. The van der Waals surface area contributed by atoms with Crippen molar-refractivity contribution in [1.29, 1.82) is 0 Å². The van der Waals surface area contributed by atoms with Crippen LogP contribution < -0.4 is 5.32 Å². The summed E-state index contributed by atoms with van der Waals surface area (Å²) in [5.74, 6) is -0.525. The first-order valence-electron chi connectivity index (χ1n) is 8.17. The van der Waals surface area contributed by atoms with Crippen molar-refractivity contribution < 1.29 is 14.3 Å². The van der Waals surface area contributed by atoms with E-state index >= 15 is 0 Å². The summed E-state index contributed by atoms with van der Waals surface area (Å²) in [4.78, 5) is 23.7. The fraction of sp³-hybridized carbons (Fsp3) is 0.150. The van der Waals surface area contributed by atoms with Crippen molar-refractivity contribution in [2.24, 2.45) is 0 Å². The van der Waals surface area contributed by atoms with Crippen molar-refractivity contribution >= 4 is 11.9 Å². The fourth-order valence-corrected chi connectivity index (χ4v) is 2.50. The van der Waals surface area contributed by atoms with Crippen LogP contribution in [0.4, 0.5) is 0 Å². The average molecular weight is 349 g/mol. The molecule has 3 aromatic rings.